The smallest absolute Gasteiger partial charge is 0.257 e. The molecule has 1 fully saturated rings. The summed E-state index contributed by atoms with van der Waals surface area (Å²) in [5.41, 5.74) is 3.00. The van der Waals surface area contributed by atoms with E-state index in [0.717, 1.165) is 11.1 Å². The van der Waals surface area contributed by atoms with E-state index in [4.69, 9.17) is 9.47 Å². The molecule has 9 nitrogen and oxygen atoms in total. The Kier molecular flexibility index (Phi) is 6.69. The molecular weight excluding hydrogens is 448 g/mol. The zero-order valence-electron chi connectivity index (χ0n) is 19.0. The normalized spacial score (nSPS) is 22.4. The number of nitrogens with zero attached hydrogens (tertiary/aromatic N) is 2. The highest BCUT2D eigenvalue weighted by molar-refractivity contribution is 6.04. The summed E-state index contributed by atoms with van der Waals surface area (Å²) in [4.78, 5) is 33.1. The van der Waals surface area contributed by atoms with Gasteiger partial charge in [-0.2, -0.15) is 0 Å². The molecule has 2 aliphatic rings. The molecular formula is C26H26N4O5. The van der Waals surface area contributed by atoms with Gasteiger partial charge in [0.15, 0.2) is 0 Å². The largest absolute Gasteiger partial charge is 0.487 e. The maximum atomic E-state index is 12.6. The maximum Gasteiger partial charge on any atom is 0.257 e. The second-order valence-corrected chi connectivity index (χ2v) is 8.69. The molecule has 0 saturated carbocycles. The molecule has 0 spiro atoms. The Hall–Kier alpha value is -3.82. The highest BCUT2D eigenvalue weighted by Crippen LogP contribution is 2.47. The molecule has 9 heteroatoms. The first-order chi connectivity index (χ1) is 17.1. The summed E-state index contributed by atoms with van der Waals surface area (Å²) < 4.78 is 12.1. The Morgan fingerprint density at radius 3 is 2.71 bits per heavy atom. The molecule has 0 bridgehead atoms. The van der Waals surface area contributed by atoms with Crippen LogP contribution in [-0.2, 0) is 16.1 Å². The van der Waals surface area contributed by atoms with Crippen molar-refractivity contribution in [3.63, 3.8) is 0 Å². The molecule has 0 aliphatic carbocycles. The minimum Gasteiger partial charge on any atom is -0.487 e. The van der Waals surface area contributed by atoms with E-state index in [9.17, 15) is 14.7 Å². The van der Waals surface area contributed by atoms with E-state index >= 15 is 0 Å². The number of carbonyl (C=O) groups is 2. The van der Waals surface area contributed by atoms with Crippen molar-refractivity contribution in [3.05, 3.63) is 83.9 Å². The van der Waals surface area contributed by atoms with Crippen LogP contribution < -0.4 is 15.4 Å². The predicted molar refractivity (Wildman–Crippen MR) is 127 cm³/mol. The van der Waals surface area contributed by atoms with Crippen molar-refractivity contribution >= 4 is 17.5 Å². The number of pyridine rings is 2. The number of hydrogen-bond donors (Lipinski definition) is 3. The molecule has 2 aliphatic heterocycles. The minimum atomic E-state index is -0.549. The van der Waals surface area contributed by atoms with Crippen LogP contribution >= 0.6 is 0 Å². The summed E-state index contributed by atoms with van der Waals surface area (Å²) in [5, 5.41) is 15.8. The van der Waals surface area contributed by atoms with Crippen LogP contribution in [0.2, 0.25) is 0 Å². The number of aliphatic hydroxyl groups excluding tert-OH is 1. The van der Waals surface area contributed by atoms with E-state index in [2.05, 4.69) is 20.6 Å². The van der Waals surface area contributed by atoms with E-state index in [-0.39, 0.29) is 43.0 Å². The Balaban J connectivity index is 1.26. The molecule has 5 rings (SSSR count). The van der Waals surface area contributed by atoms with Gasteiger partial charge in [-0.3, -0.25) is 19.6 Å². The van der Waals surface area contributed by atoms with Gasteiger partial charge in [-0.1, -0.05) is 0 Å². The van der Waals surface area contributed by atoms with Crippen molar-refractivity contribution in [3.8, 4) is 5.75 Å². The summed E-state index contributed by atoms with van der Waals surface area (Å²) in [6.45, 7) is 0.199. The first-order valence-corrected chi connectivity index (χ1v) is 11.5. The van der Waals surface area contributed by atoms with Crippen LogP contribution in [0.5, 0.6) is 5.75 Å². The summed E-state index contributed by atoms with van der Waals surface area (Å²) in [6, 6.07) is 12.6. The van der Waals surface area contributed by atoms with E-state index in [1.165, 1.54) is 6.20 Å². The lowest BCUT2D eigenvalue weighted by molar-refractivity contribution is -0.142. The zero-order chi connectivity index (χ0) is 24.2. The van der Waals surface area contributed by atoms with Crippen LogP contribution in [0.1, 0.15) is 40.2 Å². The highest BCUT2D eigenvalue weighted by Gasteiger charge is 2.46. The fraction of sp³-hybridized carbons (Fsp3) is 0.308. The van der Waals surface area contributed by atoms with Gasteiger partial charge in [0, 0.05) is 48.5 Å². The van der Waals surface area contributed by atoms with Crippen LogP contribution in [0.25, 0.3) is 0 Å². The van der Waals surface area contributed by atoms with Gasteiger partial charge in [-0.15, -0.1) is 0 Å². The average molecular weight is 475 g/mol. The molecule has 35 heavy (non-hydrogen) atoms. The summed E-state index contributed by atoms with van der Waals surface area (Å²) >= 11 is 0. The maximum absolute atomic E-state index is 12.6. The van der Waals surface area contributed by atoms with Crippen LogP contribution in [0.15, 0.2) is 67.3 Å². The molecule has 0 unspecified atom stereocenters. The standard InChI is InChI=1S/C26H26N4O5/c31-15-23-25-21(11-19(34-23)12-24(32)29-13-16-5-8-27-9-6-16)20-10-18(3-4-22(20)35-25)30-26(33)17-2-1-7-28-14-17/h1-10,14,19,21,23,25,31H,11-13,15H2,(H,29,32)(H,30,33)/t19-,21-,23-,25+/m1/s1. The number of aromatic nitrogens is 2. The Morgan fingerprint density at radius 2 is 1.94 bits per heavy atom. The second kappa shape index (κ2) is 10.2. The molecule has 2 amide bonds. The predicted octanol–water partition coefficient (Wildman–Crippen LogP) is 2.43. The number of nitrogens with one attached hydrogen (secondary N) is 2. The van der Waals surface area contributed by atoms with Crippen LogP contribution in [0.3, 0.4) is 0 Å². The van der Waals surface area contributed by atoms with Crippen LogP contribution in [0.4, 0.5) is 5.69 Å². The van der Waals surface area contributed by atoms with E-state index < -0.39 is 6.10 Å². The molecule has 4 atom stereocenters. The number of benzene rings is 1. The molecule has 2 aromatic heterocycles. The van der Waals surface area contributed by atoms with Gasteiger partial charge in [0.05, 0.1) is 24.7 Å². The first-order valence-electron chi connectivity index (χ1n) is 11.5. The molecule has 3 aromatic rings. The van der Waals surface area contributed by atoms with Crippen molar-refractivity contribution < 1.29 is 24.2 Å². The molecule has 1 saturated heterocycles. The number of ether oxygens (including phenoxy) is 2. The lowest BCUT2D eigenvalue weighted by Crippen LogP contribution is -2.47. The molecule has 4 heterocycles. The summed E-state index contributed by atoms with van der Waals surface area (Å²) in [7, 11) is 0. The third-order valence-corrected chi connectivity index (χ3v) is 6.33. The molecule has 1 aromatic carbocycles. The van der Waals surface area contributed by atoms with Gasteiger partial charge >= 0.3 is 0 Å². The Labute approximate surface area is 202 Å². The SMILES string of the molecule is O=C(C[C@H]1C[C@@H]2c3cc(NC(=O)c4cccnc4)ccc3O[C@@H]2[C@@H](CO)O1)NCc1ccncc1. The molecule has 3 N–H and O–H groups in total. The lowest BCUT2D eigenvalue weighted by Gasteiger charge is -2.37. The third-order valence-electron chi connectivity index (χ3n) is 6.33. The third kappa shape index (κ3) is 5.16. The van der Waals surface area contributed by atoms with Gasteiger partial charge in [0.25, 0.3) is 5.91 Å². The van der Waals surface area contributed by atoms with E-state index in [0.29, 0.717) is 30.0 Å². The first kappa shape index (κ1) is 22.9. The number of fused-ring (bicyclic) bond motifs is 3. The second-order valence-electron chi connectivity index (χ2n) is 8.69. The fourth-order valence-electron chi connectivity index (χ4n) is 4.65. The average Bonchev–Trinajstić information content (AvgIpc) is 3.26. The van der Waals surface area contributed by atoms with E-state index in [1.54, 1.807) is 36.8 Å². The fourth-order valence-corrected chi connectivity index (χ4v) is 4.65. The van der Waals surface area contributed by atoms with Gasteiger partial charge in [-0.25, -0.2) is 0 Å². The van der Waals surface area contributed by atoms with Crippen molar-refractivity contribution in [2.24, 2.45) is 0 Å². The number of aliphatic hydroxyl groups is 1. The van der Waals surface area contributed by atoms with Gasteiger partial charge < -0.3 is 25.2 Å². The van der Waals surface area contributed by atoms with Crippen molar-refractivity contribution in [1.82, 2.24) is 15.3 Å². The Morgan fingerprint density at radius 1 is 1.09 bits per heavy atom. The van der Waals surface area contributed by atoms with Crippen molar-refractivity contribution in [2.75, 3.05) is 11.9 Å². The van der Waals surface area contributed by atoms with Gasteiger partial charge in [0.2, 0.25) is 5.91 Å². The van der Waals surface area contributed by atoms with E-state index in [1.807, 2.05) is 24.3 Å². The van der Waals surface area contributed by atoms with Crippen LogP contribution in [-0.4, -0.2) is 51.8 Å². The lowest BCUT2D eigenvalue weighted by atomic mass is 9.84. The van der Waals surface area contributed by atoms with Crippen molar-refractivity contribution in [1.29, 1.82) is 0 Å². The van der Waals surface area contributed by atoms with Crippen LogP contribution in [0, 0.1) is 0 Å². The minimum absolute atomic E-state index is 0.0656. The number of amides is 2. The quantitative estimate of drug-likeness (QED) is 0.481. The molecule has 180 valence electrons. The number of carbonyl (C=O) groups excluding carboxylic acids is 2. The van der Waals surface area contributed by atoms with Gasteiger partial charge in [0.1, 0.15) is 18.0 Å². The number of hydrogen-bond acceptors (Lipinski definition) is 7. The topological polar surface area (TPSA) is 123 Å². The molecule has 0 radical (unpaired) electrons. The summed E-state index contributed by atoms with van der Waals surface area (Å²) in [5.74, 6) is 0.254. The number of rotatable bonds is 7. The number of anilines is 1. The van der Waals surface area contributed by atoms with Gasteiger partial charge in [-0.05, 0) is 54.4 Å². The van der Waals surface area contributed by atoms with Crippen molar-refractivity contribution in [2.45, 2.75) is 43.6 Å². The Bertz CT molecular complexity index is 1190. The highest BCUT2D eigenvalue weighted by atomic mass is 16.6. The zero-order valence-corrected chi connectivity index (χ0v) is 19.0. The summed E-state index contributed by atoms with van der Waals surface area (Å²) in [6.07, 6.45) is 5.97. The monoisotopic (exact) mass is 474 g/mol.